The van der Waals surface area contributed by atoms with Crippen LogP contribution >= 0.6 is 23.2 Å². The summed E-state index contributed by atoms with van der Waals surface area (Å²) in [6.07, 6.45) is 5.60. The molecule has 0 radical (unpaired) electrons. The Morgan fingerprint density at radius 1 is 0.885 bits per heavy atom. The Bertz CT molecular complexity index is 1030. The predicted octanol–water partition coefficient (Wildman–Crippen LogP) is 5.97. The van der Waals surface area contributed by atoms with Crippen LogP contribution in [0.15, 0.2) is 79.3 Å². The Morgan fingerprint density at radius 2 is 1.69 bits per heavy atom. The highest BCUT2D eigenvalue weighted by Crippen LogP contribution is 2.27. The highest BCUT2D eigenvalue weighted by molar-refractivity contribution is 6.33. The van der Waals surface area contributed by atoms with Gasteiger partial charge in [-0.2, -0.15) is 0 Å². The maximum absolute atomic E-state index is 6.36. The van der Waals surface area contributed by atoms with E-state index in [4.69, 9.17) is 28.2 Å². The third-order valence-electron chi connectivity index (χ3n) is 4.11. The zero-order chi connectivity index (χ0) is 17.9. The molecule has 0 saturated carbocycles. The summed E-state index contributed by atoms with van der Waals surface area (Å²) in [4.78, 5) is 9.07. The van der Waals surface area contributed by atoms with Crippen LogP contribution in [0.3, 0.4) is 0 Å². The van der Waals surface area contributed by atoms with Crippen LogP contribution < -0.4 is 0 Å². The molecule has 0 bridgehead atoms. The van der Waals surface area contributed by atoms with E-state index < -0.39 is 0 Å². The maximum Gasteiger partial charge on any atom is 0.142 e. The lowest BCUT2D eigenvalue weighted by molar-refractivity contribution is 0.807. The second-order valence-corrected chi connectivity index (χ2v) is 6.76. The van der Waals surface area contributed by atoms with Gasteiger partial charge in [-0.1, -0.05) is 53.5 Å². The van der Waals surface area contributed by atoms with Crippen molar-refractivity contribution in [3.05, 3.63) is 94.9 Å². The molecule has 4 aromatic rings. The molecular formula is C21H15Cl2N3. The average Bonchev–Trinajstić information content (AvgIpc) is 3.10. The van der Waals surface area contributed by atoms with Gasteiger partial charge in [0, 0.05) is 39.8 Å². The van der Waals surface area contributed by atoms with Gasteiger partial charge in [0.2, 0.25) is 0 Å². The van der Waals surface area contributed by atoms with Gasteiger partial charge in [-0.15, -0.1) is 0 Å². The van der Waals surface area contributed by atoms with Gasteiger partial charge in [-0.25, -0.2) is 4.98 Å². The van der Waals surface area contributed by atoms with Crippen molar-refractivity contribution < 1.29 is 0 Å². The molecule has 3 nitrogen and oxygen atoms in total. The summed E-state index contributed by atoms with van der Waals surface area (Å²) in [5.41, 5.74) is 3.87. The molecule has 26 heavy (non-hydrogen) atoms. The molecule has 128 valence electrons. The molecular weight excluding hydrogens is 365 g/mol. The molecule has 0 spiro atoms. The Labute approximate surface area is 161 Å². The average molecular weight is 380 g/mol. The lowest BCUT2D eigenvalue weighted by Gasteiger charge is -2.09. The number of hydrogen-bond donors (Lipinski definition) is 0. The minimum Gasteiger partial charge on any atom is -0.326 e. The van der Waals surface area contributed by atoms with Crippen LogP contribution in [0.4, 0.5) is 0 Å². The lowest BCUT2D eigenvalue weighted by atomic mass is 10.2. The standard InChI is InChI=1S/C21H15Cl2N3/c22-18-8-9-19(23)17(11-18)13-26-14-20(15-5-2-1-3-6-15)25-21(26)16-7-4-10-24-12-16/h1-12,14H,13H2. The number of imidazole rings is 1. The monoisotopic (exact) mass is 379 g/mol. The van der Waals surface area contributed by atoms with Crippen molar-refractivity contribution in [1.82, 2.24) is 14.5 Å². The van der Waals surface area contributed by atoms with Gasteiger partial charge in [-0.05, 0) is 35.9 Å². The zero-order valence-electron chi connectivity index (χ0n) is 13.8. The number of hydrogen-bond acceptors (Lipinski definition) is 2. The van der Waals surface area contributed by atoms with E-state index in [0.717, 1.165) is 28.2 Å². The first kappa shape index (κ1) is 16.8. The first-order valence-electron chi connectivity index (χ1n) is 8.17. The highest BCUT2D eigenvalue weighted by atomic mass is 35.5. The molecule has 2 heterocycles. The zero-order valence-corrected chi connectivity index (χ0v) is 15.3. The van der Waals surface area contributed by atoms with E-state index in [0.29, 0.717) is 16.6 Å². The molecule has 0 unspecified atom stereocenters. The van der Waals surface area contributed by atoms with Gasteiger partial charge in [0.25, 0.3) is 0 Å². The van der Waals surface area contributed by atoms with Gasteiger partial charge in [0.15, 0.2) is 0 Å². The summed E-state index contributed by atoms with van der Waals surface area (Å²) >= 11 is 12.5. The number of halogens is 2. The minimum absolute atomic E-state index is 0.573. The second-order valence-electron chi connectivity index (χ2n) is 5.92. The molecule has 2 aromatic heterocycles. The quantitative estimate of drug-likeness (QED) is 0.437. The molecule has 0 saturated heterocycles. The molecule has 0 amide bonds. The van der Waals surface area contributed by atoms with Crippen LogP contribution in [0.1, 0.15) is 5.56 Å². The molecule has 0 aliphatic carbocycles. The first-order chi connectivity index (χ1) is 12.7. The maximum atomic E-state index is 6.36. The summed E-state index contributed by atoms with van der Waals surface area (Å²) in [5, 5.41) is 1.34. The number of aromatic nitrogens is 3. The fourth-order valence-electron chi connectivity index (χ4n) is 2.86. The Morgan fingerprint density at radius 3 is 2.46 bits per heavy atom. The van der Waals surface area contributed by atoms with Gasteiger partial charge in [0.05, 0.1) is 12.2 Å². The second kappa shape index (κ2) is 7.32. The van der Waals surface area contributed by atoms with Crippen LogP contribution in [0.2, 0.25) is 10.0 Å². The minimum atomic E-state index is 0.573. The first-order valence-corrected chi connectivity index (χ1v) is 8.93. The molecule has 5 heteroatoms. The molecule has 4 rings (SSSR count). The number of benzene rings is 2. The highest BCUT2D eigenvalue weighted by Gasteiger charge is 2.13. The van der Waals surface area contributed by atoms with E-state index in [1.54, 1.807) is 12.3 Å². The topological polar surface area (TPSA) is 30.7 Å². The molecule has 0 N–H and O–H groups in total. The van der Waals surface area contributed by atoms with E-state index in [2.05, 4.69) is 9.55 Å². The van der Waals surface area contributed by atoms with Crippen molar-refractivity contribution >= 4 is 23.2 Å². The third-order valence-corrected chi connectivity index (χ3v) is 4.72. The lowest BCUT2D eigenvalue weighted by Crippen LogP contribution is -2.02. The fourth-order valence-corrected chi connectivity index (χ4v) is 3.23. The van der Waals surface area contributed by atoms with Crippen LogP contribution in [0.25, 0.3) is 22.6 Å². The molecule has 2 aromatic carbocycles. The van der Waals surface area contributed by atoms with E-state index in [1.165, 1.54) is 0 Å². The van der Waals surface area contributed by atoms with Crippen LogP contribution in [0, 0.1) is 0 Å². The normalized spacial score (nSPS) is 10.8. The van der Waals surface area contributed by atoms with E-state index in [1.807, 2.05) is 67.0 Å². The van der Waals surface area contributed by atoms with Crippen molar-refractivity contribution in [3.8, 4) is 22.6 Å². The number of pyridine rings is 1. The number of rotatable bonds is 4. The van der Waals surface area contributed by atoms with Gasteiger partial charge in [0.1, 0.15) is 5.82 Å². The predicted molar refractivity (Wildman–Crippen MR) is 106 cm³/mol. The summed E-state index contributed by atoms with van der Waals surface area (Å²) in [6.45, 7) is 0.573. The fraction of sp³-hybridized carbons (Fsp3) is 0.0476. The van der Waals surface area contributed by atoms with Crippen LogP contribution in [-0.2, 0) is 6.54 Å². The van der Waals surface area contributed by atoms with Gasteiger partial charge < -0.3 is 4.57 Å². The summed E-state index contributed by atoms with van der Waals surface area (Å²) < 4.78 is 2.08. The van der Waals surface area contributed by atoms with Crippen molar-refractivity contribution in [3.63, 3.8) is 0 Å². The van der Waals surface area contributed by atoms with Crippen molar-refractivity contribution in [1.29, 1.82) is 0 Å². The van der Waals surface area contributed by atoms with E-state index in [-0.39, 0.29) is 0 Å². The summed E-state index contributed by atoms with van der Waals surface area (Å²) in [7, 11) is 0. The molecule has 0 atom stereocenters. The number of nitrogens with zero attached hydrogens (tertiary/aromatic N) is 3. The van der Waals surface area contributed by atoms with E-state index >= 15 is 0 Å². The Hall–Kier alpha value is -2.62. The van der Waals surface area contributed by atoms with Gasteiger partial charge >= 0.3 is 0 Å². The van der Waals surface area contributed by atoms with Gasteiger partial charge in [-0.3, -0.25) is 4.98 Å². The molecule has 0 aliphatic rings. The smallest absolute Gasteiger partial charge is 0.142 e. The molecule has 0 aliphatic heterocycles. The van der Waals surface area contributed by atoms with Crippen molar-refractivity contribution in [2.45, 2.75) is 6.54 Å². The molecule has 0 fully saturated rings. The summed E-state index contributed by atoms with van der Waals surface area (Å²) in [6, 6.07) is 19.5. The van der Waals surface area contributed by atoms with Crippen LogP contribution in [0.5, 0.6) is 0 Å². The Balaban J connectivity index is 1.82. The van der Waals surface area contributed by atoms with Crippen LogP contribution in [-0.4, -0.2) is 14.5 Å². The third kappa shape index (κ3) is 3.50. The van der Waals surface area contributed by atoms with Crippen molar-refractivity contribution in [2.24, 2.45) is 0 Å². The Kier molecular flexibility index (Phi) is 4.74. The van der Waals surface area contributed by atoms with Crippen molar-refractivity contribution in [2.75, 3.05) is 0 Å². The largest absolute Gasteiger partial charge is 0.326 e. The SMILES string of the molecule is Clc1ccc(Cl)c(Cn2cc(-c3ccccc3)nc2-c2cccnc2)c1. The summed E-state index contributed by atoms with van der Waals surface area (Å²) in [5.74, 6) is 0.841. The van der Waals surface area contributed by atoms with E-state index in [9.17, 15) is 0 Å².